The van der Waals surface area contributed by atoms with Gasteiger partial charge in [-0.25, -0.2) is 9.78 Å². The van der Waals surface area contributed by atoms with Crippen molar-refractivity contribution in [2.45, 2.75) is 41.2 Å². The van der Waals surface area contributed by atoms with Gasteiger partial charge in [-0.2, -0.15) is 0 Å². The van der Waals surface area contributed by atoms with Gasteiger partial charge in [-0.3, -0.25) is 14.0 Å². The zero-order valence-corrected chi connectivity index (χ0v) is 18.9. The van der Waals surface area contributed by atoms with Crippen LogP contribution in [0.3, 0.4) is 0 Å². The van der Waals surface area contributed by atoms with E-state index in [1.54, 1.807) is 39.8 Å². The zero-order valence-electron chi connectivity index (χ0n) is 17.3. The summed E-state index contributed by atoms with van der Waals surface area (Å²) in [4.78, 5) is 42.7. The lowest BCUT2D eigenvalue weighted by molar-refractivity contribution is -0.123. The van der Waals surface area contributed by atoms with Gasteiger partial charge in [-0.1, -0.05) is 32.4 Å². The number of carbonyl (C=O) groups excluding carboxylic acids is 2. The van der Waals surface area contributed by atoms with E-state index in [2.05, 4.69) is 10.3 Å². The number of pyridine rings is 1. The van der Waals surface area contributed by atoms with E-state index < -0.39 is 11.4 Å². The third-order valence-corrected chi connectivity index (χ3v) is 5.87. The Balaban J connectivity index is 1.83. The van der Waals surface area contributed by atoms with E-state index >= 15 is 0 Å². The fourth-order valence-corrected chi connectivity index (χ4v) is 3.87. The number of nitrogens with zero attached hydrogens (tertiary/aromatic N) is 2. The topological polar surface area (TPSA) is 89.8 Å². The van der Waals surface area contributed by atoms with Crippen molar-refractivity contribution in [3.8, 4) is 0 Å². The minimum Gasteiger partial charge on any atom is -0.455 e. The summed E-state index contributed by atoms with van der Waals surface area (Å²) in [5.41, 5.74) is 0.857. The van der Waals surface area contributed by atoms with Gasteiger partial charge < -0.3 is 10.1 Å². The number of ether oxygens (including phenoxy) is 1. The van der Waals surface area contributed by atoms with Crippen LogP contribution < -0.4 is 10.9 Å². The minimum absolute atomic E-state index is 0.172. The summed E-state index contributed by atoms with van der Waals surface area (Å²) in [6.45, 7) is 8.90. The monoisotopic (exact) mass is 447 g/mol. The maximum absolute atomic E-state index is 12.8. The third kappa shape index (κ3) is 4.55. The summed E-state index contributed by atoms with van der Waals surface area (Å²) in [6.07, 6.45) is 1.48. The van der Waals surface area contributed by atoms with Crippen LogP contribution in [0.25, 0.3) is 5.65 Å². The van der Waals surface area contributed by atoms with Crippen molar-refractivity contribution in [3.05, 3.63) is 61.5 Å². The average molecular weight is 448 g/mol. The van der Waals surface area contributed by atoms with Crippen LogP contribution in [-0.4, -0.2) is 21.3 Å². The van der Waals surface area contributed by atoms with Crippen LogP contribution in [0.1, 0.15) is 47.3 Å². The van der Waals surface area contributed by atoms with Crippen LogP contribution in [-0.2, 0) is 16.1 Å². The summed E-state index contributed by atoms with van der Waals surface area (Å²) < 4.78 is 6.74. The number of nitrogens with one attached hydrogen (secondary N) is 1. The second-order valence-electron chi connectivity index (χ2n) is 7.93. The third-order valence-electron chi connectivity index (χ3n) is 4.53. The van der Waals surface area contributed by atoms with Gasteiger partial charge in [0, 0.05) is 22.6 Å². The lowest BCUT2D eigenvalue weighted by Crippen LogP contribution is -2.28. The van der Waals surface area contributed by atoms with Crippen molar-refractivity contribution in [1.82, 2.24) is 9.38 Å². The fourth-order valence-electron chi connectivity index (χ4n) is 2.66. The molecule has 3 heterocycles. The van der Waals surface area contributed by atoms with E-state index in [-0.39, 0.29) is 18.1 Å². The Hall–Kier alpha value is -2.71. The number of rotatable bonds is 4. The number of halogens is 1. The van der Waals surface area contributed by atoms with E-state index in [1.165, 1.54) is 28.0 Å². The predicted molar refractivity (Wildman–Crippen MR) is 117 cm³/mol. The molecule has 0 saturated heterocycles. The molecule has 3 aromatic heterocycles. The normalized spacial score (nSPS) is 11.5. The molecule has 0 fully saturated rings. The average Bonchev–Trinajstić information content (AvgIpc) is 2.93. The summed E-state index contributed by atoms with van der Waals surface area (Å²) in [7, 11) is 0. The number of hydrogen-bond donors (Lipinski definition) is 1. The number of carbonyl (C=O) groups is 2. The number of esters is 1. The van der Waals surface area contributed by atoms with E-state index in [1.807, 2.05) is 6.92 Å². The van der Waals surface area contributed by atoms with Crippen LogP contribution in [0.15, 0.2) is 29.2 Å². The molecule has 0 aliphatic carbocycles. The van der Waals surface area contributed by atoms with E-state index in [4.69, 9.17) is 16.3 Å². The molecule has 0 atom stereocenters. The van der Waals surface area contributed by atoms with Gasteiger partial charge in [0.05, 0.1) is 16.3 Å². The van der Waals surface area contributed by atoms with Crippen LogP contribution in [0, 0.1) is 19.3 Å². The van der Waals surface area contributed by atoms with Gasteiger partial charge in [0.25, 0.3) is 5.56 Å². The number of amides is 1. The highest BCUT2D eigenvalue weighted by Crippen LogP contribution is 2.34. The van der Waals surface area contributed by atoms with Crippen LogP contribution >= 0.6 is 22.9 Å². The molecule has 0 unspecified atom stereocenters. The summed E-state index contributed by atoms with van der Waals surface area (Å²) in [6, 6.07) is 4.53. The molecule has 7 nitrogen and oxygen atoms in total. The first kappa shape index (κ1) is 22.0. The smallest absolute Gasteiger partial charge is 0.341 e. The van der Waals surface area contributed by atoms with Crippen LogP contribution in [0.5, 0.6) is 0 Å². The molecule has 158 valence electrons. The Labute approximate surface area is 182 Å². The Morgan fingerprint density at radius 3 is 2.63 bits per heavy atom. The standard InChI is InChI=1S/C21H22ClN3O4S/c1-11-12(2)30-18(24-20(28)21(3,4)5)17(11)19(27)29-10-14-8-16(26)25-9-13(22)6-7-15(25)23-14/h6-9H,10H2,1-5H3,(H,24,28). The molecule has 0 radical (unpaired) electrons. The highest BCUT2D eigenvalue weighted by Gasteiger charge is 2.27. The number of hydrogen-bond acceptors (Lipinski definition) is 6. The van der Waals surface area contributed by atoms with Gasteiger partial charge in [0.2, 0.25) is 5.91 Å². The van der Waals surface area contributed by atoms with Crippen molar-refractivity contribution in [3.63, 3.8) is 0 Å². The first-order valence-electron chi connectivity index (χ1n) is 9.24. The minimum atomic E-state index is -0.604. The maximum atomic E-state index is 12.8. The predicted octanol–water partition coefficient (Wildman–Crippen LogP) is 4.37. The van der Waals surface area contributed by atoms with Crippen molar-refractivity contribution in [1.29, 1.82) is 0 Å². The number of aromatic nitrogens is 2. The molecule has 0 aromatic carbocycles. The number of thiophene rings is 1. The molecule has 1 amide bonds. The van der Waals surface area contributed by atoms with Crippen LogP contribution in [0.4, 0.5) is 5.00 Å². The molecule has 9 heteroatoms. The number of anilines is 1. The quantitative estimate of drug-likeness (QED) is 0.600. The lowest BCUT2D eigenvalue weighted by Gasteiger charge is -2.17. The molecule has 0 spiro atoms. The Morgan fingerprint density at radius 1 is 1.27 bits per heavy atom. The van der Waals surface area contributed by atoms with E-state index in [0.717, 1.165) is 10.4 Å². The van der Waals surface area contributed by atoms with Crippen LogP contribution in [0.2, 0.25) is 5.02 Å². The molecule has 1 N–H and O–H groups in total. The Kier molecular flexibility index (Phi) is 6.01. The molecule has 3 rings (SSSR count). The van der Waals surface area contributed by atoms with E-state index in [0.29, 0.717) is 26.9 Å². The first-order valence-corrected chi connectivity index (χ1v) is 10.4. The molecular formula is C21H22ClN3O4S. The molecule has 0 bridgehead atoms. The summed E-state index contributed by atoms with van der Waals surface area (Å²) in [5, 5.41) is 3.70. The second-order valence-corrected chi connectivity index (χ2v) is 9.59. The van der Waals surface area contributed by atoms with Gasteiger partial charge in [0.1, 0.15) is 17.3 Å². The van der Waals surface area contributed by atoms with Crippen molar-refractivity contribution >= 4 is 45.5 Å². The SMILES string of the molecule is Cc1sc(NC(=O)C(C)(C)C)c(C(=O)OCc2cc(=O)n3cc(Cl)ccc3n2)c1C. The first-order chi connectivity index (χ1) is 14.0. The summed E-state index contributed by atoms with van der Waals surface area (Å²) in [5.74, 6) is -0.778. The summed E-state index contributed by atoms with van der Waals surface area (Å²) >= 11 is 7.24. The molecule has 0 saturated carbocycles. The highest BCUT2D eigenvalue weighted by atomic mass is 35.5. The molecule has 30 heavy (non-hydrogen) atoms. The molecule has 0 aliphatic rings. The molecule has 0 aliphatic heterocycles. The fraction of sp³-hybridized carbons (Fsp3) is 0.333. The van der Waals surface area contributed by atoms with E-state index in [9.17, 15) is 14.4 Å². The van der Waals surface area contributed by atoms with Crippen molar-refractivity contribution in [2.75, 3.05) is 5.32 Å². The molecular weight excluding hydrogens is 426 g/mol. The van der Waals surface area contributed by atoms with Gasteiger partial charge in [0.15, 0.2) is 0 Å². The Bertz CT molecular complexity index is 1210. The zero-order chi connectivity index (χ0) is 22.2. The number of fused-ring (bicyclic) bond motifs is 1. The molecule has 3 aromatic rings. The second kappa shape index (κ2) is 8.20. The highest BCUT2D eigenvalue weighted by molar-refractivity contribution is 7.16. The lowest BCUT2D eigenvalue weighted by atomic mass is 9.96. The van der Waals surface area contributed by atoms with Crippen molar-refractivity contribution < 1.29 is 14.3 Å². The van der Waals surface area contributed by atoms with Crippen molar-refractivity contribution in [2.24, 2.45) is 5.41 Å². The maximum Gasteiger partial charge on any atom is 0.341 e. The van der Waals surface area contributed by atoms with Gasteiger partial charge in [-0.05, 0) is 31.5 Å². The number of aryl methyl sites for hydroxylation is 1. The largest absolute Gasteiger partial charge is 0.455 e. The van der Waals surface area contributed by atoms with Gasteiger partial charge >= 0.3 is 5.97 Å². The Morgan fingerprint density at radius 2 is 1.97 bits per heavy atom. The van der Waals surface area contributed by atoms with Gasteiger partial charge in [-0.15, -0.1) is 11.3 Å².